The Kier molecular flexibility index (Phi) is 5.77. The minimum absolute atomic E-state index is 0.209. The number of hydrogen-bond donors (Lipinski definition) is 2. The minimum Gasteiger partial charge on any atom is -0.491 e. The first-order chi connectivity index (χ1) is 8.11. The Hall–Kier alpha value is -1.29. The van der Waals surface area contributed by atoms with Gasteiger partial charge >= 0.3 is 0 Å². The Labute approximate surface area is 109 Å². The third-order valence-electron chi connectivity index (χ3n) is 2.09. The summed E-state index contributed by atoms with van der Waals surface area (Å²) >= 11 is 5.09. The molecule has 1 rings (SSSR count). The van der Waals surface area contributed by atoms with Gasteiger partial charge in [0, 0.05) is 13.1 Å². The maximum atomic E-state index is 5.57. The molecule has 4 heteroatoms. The highest BCUT2D eigenvalue weighted by Crippen LogP contribution is 2.13. The van der Waals surface area contributed by atoms with Crippen LogP contribution in [-0.4, -0.2) is 17.8 Å². The van der Waals surface area contributed by atoms with Crippen molar-refractivity contribution >= 4 is 17.3 Å². The molecule has 2 N–H and O–H groups in total. The normalized spacial score (nSPS) is 10.1. The SMILES string of the molecule is CCNC(=S)NCc1ccc(OC(C)C)cc1. The Morgan fingerprint density at radius 2 is 1.88 bits per heavy atom. The van der Waals surface area contributed by atoms with Gasteiger partial charge in [0.15, 0.2) is 5.11 Å². The van der Waals surface area contributed by atoms with Crippen LogP contribution in [0.2, 0.25) is 0 Å². The molecule has 17 heavy (non-hydrogen) atoms. The fraction of sp³-hybridized carbons (Fsp3) is 0.462. The maximum absolute atomic E-state index is 5.57. The summed E-state index contributed by atoms with van der Waals surface area (Å²) in [4.78, 5) is 0. The van der Waals surface area contributed by atoms with Crippen LogP contribution in [0.3, 0.4) is 0 Å². The van der Waals surface area contributed by atoms with Gasteiger partial charge in [0.05, 0.1) is 6.10 Å². The van der Waals surface area contributed by atoms with Crippen molar-refractivity contribution in [3.63, 3.8) is 0 Å². The van der Waals surface area contributed by atoms with Crippen LogP contribution in [0.4, 0.5) is 0 Å². The zero-order valence-electron chi connectivity index (χ0n) is 10.6. The Bertz CT molecular complexity index is 349. The summed E-state index contributed by atoms with van der Waals surface area (Å²) < 4.78 is 5.57. The van der Waals surface area contributed by atoms with Gasteiger partial charge in [-0.1, -0.05) is 12.1 Å². The zero-order valence-corrected chi connectivity index (χ0v) is 11.4. The highest BCUT2D eigenvalue weighted by atomic mass is 32.1. The summed E-state index contributed by atoms with van der Waals surface area (Å²) in [7, 11) is 0. The second-order valence-electron chi connectivity index (χ2n) is 4.02. The van der Waals surface area contributed by atoms with E-state index in [4.69, 9.17) is 17.0 Å². The molecule has 0 aliphatic rings. The Morgan fingerprint density at radius 3 is 2.41 bits per heavy atom. The number of rotatable bonds is 5. The van der Waals surface area contributed by atoms with Crippen molar-refractivity contribution in [3.8, 4) is 5.75 Å². The Balaban J connectivity index is 2.42. The lowest BCUT2D eigenvalue weighted by molar-refractivity contribution is 0.242. The lowest BCUT2D eigenvalue weighted by atomic mass is 10.2. The van der Waals surface area contributed by atoms with Gasteiger partial charge in [-0.2, -0.15) is 0 Å². The van der Waals surface area contributed by atoms with Gasteiger partial charge in [-0.05, 0) is 50.7 Å². The van der Waals surface area contributed by atoms with E-state index < -0.39 is 0 Å². The quantitative estimate of drug-likeness (QED) is 0.789. The third kappa shape index (κ3) is 5.54. The lowest BCUT2D eigenvalue weighted by Crippen LogP contribution is -2.34. The molecule has 1 aromatic rings. The first-order valence-electron chi connectivity index (χ1n) is 5.89. The van der Waals surface area contributed by atoms with E-state index in [1.165, 1.54) is 5.56 Å². The van der Waals surface area contributed by atoms with Gasteiger partial charge in [0.1, 0.15) is 5.75 Å². The molecule has 0 unspecified atom stereocenters. The molecule has 0 fully saturated rings. The fourth-order valence-electron chi connectivity index (χ4n) is 1.36. The average molecular weight is 252 g/mol. The van der Waals surface area contributed by atoms with Gasteiger partial charge in [-0.15, -0.1) is 0 Å². The molecule has 0 aliphatic heterocycles. The van der Waals surface area contributed by atoms with E-state index in [1.807, 2.05) is 45.0 Å². The first kappa shape index (κ1) is 13.8. The molecule has 0 bridgehead atoms. The summed E-state index contributed by atoms with van der Waals surface area (Å²) in [5.74, 6) is 0.901. The average Bonchev–Trinajstić information content (AvgIpc) is 2.28. The minimum atomic E-state index is 0.209. The second-order valence-corrected chi connectivity index (χ2v) is 4.43. The van der Waals surface area contributed by atoms with E-state index in [0.717, 1.165) is 18.8 Å². The van der Waals surface area contributed by atoms with Gasteiger partial charge < -0.3 is 15.4 Å². The largest absolute Gasteiger partial charge is 0.491 e. The van der Waals surface area contributed by atoms with Gasteiger partial charge in [-0.3, -0.25) is 0 Å². The molecular weight excluding hydrogens is 232 g/mol. The van der Waals surface area contributed by atoms with Gasteiger partial charge in [-0.25, -0.2) is 0 Å². The smallest absolute Gasteiger partial charge is 0.166 e. The standard InChI is InChI=1S/C13H20N2OS/c1-4-14-13(17)15-9-11-5-7-12(8-6-11)16-10(2)3/h5-8,10H,4,9H2,1-3H3,(H2,14,15,17). The predicted molar refractivity (Wildman–Crippen MR) is 75.3 cm³/mol. The van der Waals surface area contributed by atoms with Crippen LogP contribution in [0.25, 0.3) is 0 Å². The molecule has 0 aliphatic carbocycles. The van der Waals surface area contributed by atoms with Crippen molar-refractivity contribution in [3.05, 3.63) is 29.8 Å². The number of ether oxygens (including phenoxy) is 1. The fourth-order valence-corrected chi connectivity index (χ4v) is 1.58. The van der Waals surface area contributed by atoms with Crippen LogP contribution in [0.1, 0.15) is 26.3 Å². The monoisotopic (exact) mass is 252 g/mol. The maximum Gasteiger partial charge on any atom is 0.166 e. The highest BCUT2D eigenvalue weighted by molar-refractivity contribution is 7.80. The third-order valence-corrected chi connectivity index (χ3v) is 2.37. The van der Waals surface area contributed by atoms with E-state index >= 15 is 0 Å². The van der Waals surface area contributed by atoms with Crippen molar-refractivity contribution in [2.24, 2.45) is 0 Å². The van der Waals surface area contributed by atoms with E-state index in [0.29, 0.717) is 5.11 Å². The van der Waals surface area contributed by atoms with Crippen molar-refractivity contribution in [2.75, 3.05) is 6.54 Å². The molecule has 3 nitrogen and oxygen atoms in total. The summed E-state index contributed by atoms with van der Waals surface area (Å²) in [5, 5.41) is 6.88. The molecule has 94 valence electrons. The van der Waals surface area contributed by atoms with E-state index in [2.05, 4.69) is 10.6 Å². The first-order valence-corrected chi connectivity index (χ1v) is 6.30. The molecular formula is C13H20N2OS. The summed E-state index contributed by atoms with van der Waals surface area (Å²) in [6, 6.07) is 8.04. The molecule has 1 aromatic carbocycles. The molecule has 0 amide bonds. The summed E-state index contributed by atoms with van der Waals surface area (Å²) in [6.07, 6.45) is 0.209. The van der Waals surface area contributed by atoms with Crippen molar-refractivity contribution in [2.45, 2.75) is 33.4 Å². The molecule has 0 saturated heterocycles. The van der Waals surface area contributed by atoms with Crippen LogP contribution in [0.15, 0.2) is 24.3 Å². The van der Waals surface area contributed by atoms with Crippen molar-refractivity contribution < 1.29 is 4.74 Å². The van der Waals surface area contributed by atoms with Crippen LogP contribution >= 0.6 is 12.2 Å². The lowest BCUT2D eigenvalue weighted by Gasteiger charge is -2.11. The second kappa shape index (κ2) is 7.12. The number of benzene rings is 1. The number of hydrogen-bond acceptors (Lipinski definition) is 2. The highest BCUT2D eigenvalue weighted by Gasteiger charge is 1.98. The predicted octanol–water partition coefficient (Wildman–Crippen LogP) is 2.46. The van der Waals surface area contributed by atoms with E-state index in [1.54, 1.807) is 0 Å². The van der Waals surface area contributed by atoms with Gasteiger partial charge in [0.2, 0.25) is 0 Å². The molecule has 0 radical (unpaired) electrons. The number of nitrogens with one attached hydrogen (secondary N) is 2. The van der Waals surface area contributed by atoms with Crippen LogP contribution in [0.5, 0.6) is 5.75 Å². The molecule has 0 atom stereocenters. The summed E-state index contributed by atoms with van der Waals surface area (Å²) in [6.45, 7) is 7.63. The zero-order chi connectivity index (χ0) is 12.7. The van der Waals surface area contributed by atoms with Crippen molar-refractivity contribution in [1.29, 1.82) is 0 Å². The molecule has 0 heterocycles. The van der Waals surface area contributed by atoms with Crippen LogP contribution < -0.4 is 15.4 Å². The van der Waals surface area contributed by atoms with E-state index in [9.17, 15) is 0 Å². The molecule has 0 spiro atoms. The van der Waals surface area contributed by atoms with E-state index in [-0.39, 0.29) is 6.10 Å². The molecule has 0 aromatic heterocycles. The number of thiocarbonyl (C=S) groups is 1. The summed E-state index contributed by atoms with van der Waals surface area (Å²) in [5.41, 5.74) is 1.18. The topological polar surface area (TPSA) is 33.3 Å². The van der Waals surface area contributed by atoms with Crippen LogP contribution in [0, 0.1) is 0 Å². The van der Waals surface area contributed by atoms with Crippen molar-refractivity contribution in [1.82, 2.24) is 10.6 Å². The van der Waals surface area contributed by atoms with Crippen LogP contribution in [-0.2, 0) is 6.54 Å². The Morgan fingerprint density at radius 1 is 1.24 bits per heavy atom. The molecule has 0 saturated carbocycles. The van der Waals surface area contributed by atoms with Gasteiger partial charge in [0.25, 0.3) is 0 Å².